The van der Waals surface area contributed by atoms with Crippen molar-refractivity contribution in [2.45, 2.75) is 69.9 Å². The summed E-state index contributed by atoms with van der Waals surface area (Å²) in [6.07, 6.45) is 6.72. The molecule has 3 fully saturated rings. The number of aromatic nitrogens is 2. The average Bonchev–Trinajstić information content (AvgIpc) is 3.34. The first kappa shape index (κ1) is 16.7. The minimum Gasteiger partial charge on any atom is -0.480 e. The Bertz CT molecular complexity index is 933. The minimum atomic E-state index is -0.910. The van der Waals surface area contributed by atoms with Gasteiger partial charge in [-0.15, -0.1) is 0 Å². The molecule has 5 rings (SSSR count). The molecule has 3 atom stereocenters. The SMILES string of the molecule is Cc1noc2nc(C3CC3)cc(C(=O)N3[C@H](C(=O)O)C[C@@H]4CCCC[C@@H]43)c12. The molecule has 2 aliphatic carbocycles. The molecule has 0 unspecified atom stereocenters. The number of fused-ring (bicyclic) bond motifs is 2. The average molecular weight is 369 g/mol. The van der Waals surface area contributed by atoms with Gasteiger partial charge in [0.1, 0.15) is 6.04 Å². The van der Waals surface area contributed by atoms with Crippen LogP contribution in [0.2, 0.25) is 0 Å². The molecule has 0 radical (unpaired) electrons. The molecule has 1 N–H and O–H groups in total. The summed E-state index contributed by atoms with van der Waals surface area (Å²) in [6, 6.07) is 1.11. The highest BCUT2D eigenvalue weighted by molar-refractivity contribution is 6.07. The predicted molar refractivity (Wildman–Crippen MR) is 96.5 cm³/mol. The molecule has 3 heterocycles. The second-order valence-electron chi connectivity index (χ2n) is 8.23. The molecule has 2 aromatic rings. The maximum Gasteiger partial charge on any atom is 0.326 e. The Morgan fingerprint density at radius 1 is 1.22 bits per heavy atom. The van der Waals surface area contributed by atoms with E-state index in [0.29, 0.717) is 34.7 Å². The van der Waals surface area contributed by atoms with E-state index in [1.165, 1.54) is 0 Å². The van der Waals surface area contributed by atoms with Crippen molar-refractivity contribution in [2.75, 3.05) is 0 Å². The van der Waals surface area contributed by atoms with Crippen LogP contribution in [0.15, 0.2) is 10.6 Å². The van der Waals surface area contributed by atoms with Gasteiger partial charge < -0.3 is 14.5 Å². The highest BCUT2D eigenvalue weighted by Gasteiger charge is 2.48. The number of carbonyl (C=O) groups is 2. The molecule has 142 valence electrons. The topological polar surface area (TPSA) is 96.5 Å². The lowest BCUT2D eigenvalue weighted by molar-refractivity contribution is -0.141. The standard InChI is InChI=1S/C20H23N3O4/c1-10-17-13(9-14(11-6-7-11)21-18(17)27-22-10)19(24)23-15-5-3-2-4-12(15)8-16(23)20(25)26/h9,11-12,15-16H,2-8H2,1H3,(H,25,26)/t12-,15-,16-/m0/s1. The van der Waals surface area contributed by atoms with E-state index in [-0.39, 0.29) is 17.9 Å². The quantitative estimate of drug-likeness (QED) is 0.892. The summed E-state index contributed by atoms with van der Waals surface area (Å²) in [5, 5.41) is 14.4. The van der Waals surface area contributed by atoms with E-state index in [4.69, 9.17) is 4.52 Å². The molecule has 2 aromatic heterocycles. The molecule has 3 aliphatic rings. The van der Waals surface area contributed by atoms with E-state index in [1.54, 1.807) is 11.8 Å². The van der Waals surface area contributed by atoms with Crippen LogP contribution in [-0.2, 0) is 4.79 Å². The lowest BCUT2D eigenvalue weighted by atomic mass is 9.84. The van der Waals surface area contributed by atoms with Gasteiger partial charge in [0.05, 0.1) is 16.6 Å². The third-order valence-corrected chi connectivity index (χ3v) is 6.47. The molecule has 7 heteroatoms. The zero-order valence-electron chi connectivity index (χ0n) is 15.4. The largest absolute Gasteiger partial charge is 0.480 e. The van der Waals surface area contributed by atoms with E-state index in [9.17, 15) is 14.7 Å². The first-order valence-electron chi connectivity index (χ1n) is 9.87. The van der Waals surface area contributed by atoms with Crippen LogP contribution < -0.4 is 0 Å². The summed E-state index contributed by atoms with van der Waals surface area (Å²) in [7, 11) is 0. The number of rotatable bonds is 3. The number of pyridine rings is 1. The molecule has 0 bridgehead atoms. The molecule has 1 aliphatic heterocycles. The van der Waals surface area contributed by atoms with Gasteiger partial charge in [-0.25, -0.2) is 9.78 Å². The van der Waals surface area contributed by atoms with Crippen molar-refractivity contribution in [1.29, 1.82) is 0 Å². The number of aliphatic carboxylic acids is 1. The number of carbonyl (C=O) groups excluding carboxylic acids is 1. The van der Waals surface area contributed by atoms with Gasteiger partial charge in [0.25, 0.3) is 11.6 Å². The summed E-state index contributed by atoms with van der Waals surface area (Å²) in [4.78, 5) is 31.8. The van der Waals surface area contributed by atoms with E-state index in [0.717, 1.165) is 44.2 Å². The lowest BCUT2D eigenvalue weighted by Gasteiger charge is -2.33. The Kier molecular flexibility index (Phi) is 3.74. The van der Waals surface area contributed by atoms with Crippen molar-refractivity contribution < 1.29 is 19.2 Å². The van der Waals surface area contributed by atoms with Gasteiger partial charge in [0.15, 0.2) is 0 Å². The number of carboxylic acid groups (broad SMARTS) is 1. The van der Waals surface area contributed by atoms with Crippen LogP contribution in [0.4, 0.5) is 0 Å². The summed E-state index contributed by atoms with van der Waals surface area (Å²) in [5.74, 6) is -0.472. The number of amides is 1. The summed E-state index contributed by atoms with van der Waals surface area (Å²) >= 11 is 0. The Labute approximate surface area is 156 Å². The van der Waals surface area contributed by atoms with Crippen LogP contribution >= 0.6 is 0 Å². The minimum absolute atomic E-state index is 0.0140. The van der Waals surface area contributed by atoms with Crippen molar-refractivity contribution in [3.63, 3.8) is 0 Å². The Morgan fingerprint density at radius 2 is 2.00 bits per heavy atom. The zero-order valence-corrected chi connectivity index (χ0v) is 15.4. The molecule has 1 saturated heterocycles. The van der Waals surface area contributed by atoms with Gasteiger partial charge in [0, 0.05) is 17.7 Å². The van der Waals surface area contributed by atoms with Crippen molar-refractivity contribution in [3.8, 4) is 0 Å². The fourth-order valence-electron chi connectivity index (χ4n) is 4.98. The van der Waals surface area contributed by atoms with Crippen LogP contribution in [0, 0.1) is 12.8 Å². The zero-order chi connectivity index (χ0) is 18.7. The number of nitrogens with zero attached hydrogens (tertiary/aromatic N) is 3. The van der Waals surface area contributed by atoms with Crippen LogP contribution in [0.1, 0.15) is 72.6 Å². The van der Waals surface area contributed by atoms with Gasteiger partial charge in [0.2, 0.25) is 0 Å². The number of carboxylic acids is 1. The normalized spacial score (nSPS) is 27.7. The number of likely N-dealkylation sites (tertiary alicyclic amines) is 1. The van der Waals surface area contributed by atoms with Gasteiger partial charge in [-0.05, 0) is 51.0 Å². The van der Waals surface area contributed by atoms with Crippen LogP contribution in [-0.4, -0.2) is 44.1 Å². The summed E-state index contributed by atoms with van der Waals surface area (Å²) in [5.41, 5.74) is 2.35. The Hall–Kier alpha value is -2.44. The van der Waals surface area contributed by atoms with Crippen molar-refractivity contribution in [3.05, 3.63) is 23.0 Å². The lowest BCUT2D eigenvalue weighted by Crippen LogP contribution is -2.46. The summed E-state index contributed by atoms with van der Waals surface area (Å²) < 4.78 is 5.35. The first-order chi connectivity index (χ1) is 13.0. The van der Waals surface area contributed by atoms with E-state index >= 15 is 0 Å². The van der Waals surface area contributed by atoms with Crippen molar-refractivity contribution in [2.24, 2.45) is 5.92 Å². The molecule has 0 aromatic carbocycles. The Balaban J connectivity index is 1.61. The van der Waals surface area contributed by atoms with Gasteiger partial charge in [-0.1, -0.05) is 18.0 Å². The van der Waals surface area contributed by atoms with Crippen LogP contribution in [0.3, 0.4) is 0 Å². The number of aryl methyl sites for hydroxylation is 1. The fraction of sp³-hybridized carbons (Fsp3) is 0.600. The second kappa shape index (κ2) is 6.04. The predicted octanol–water partition coefficient (Wildman–Crippen LogP) is 3.27. The van der Waals surface area contributed by atoms with Gasteiger partial charge in [-0.3, -0.25) is 4.79 Å². The van der Waals surface area contributed by atoms with Gasteiger partial charge in [-0.2, -0.15) is 0 Å². The maximum atomic E-state index is 13.6. The third kappa shape index (κ3) is 2.63. The highest BCUT2D eigenvalue weighted by Crippen LogP contribution is 2.43. The molecule has 1 amide bonds. The van der Waals surface area contributed by atoms with Crippen molar-refractivity contribution >= 4 is 23.0 Å². The Morgan fingerprint density at radius 3 is 2.74 bits per heavy atom. The highest BCUT2D eigenvalue weighted by atomic mass is 16.5. The molecule has 2 saturated carbocycles. The number of hydrogen-bond acceptors (Lipinski definition) is 5. The van der Waals surface area contributed by atoms with Gasteiger partial charge >= 0.3 is 5.97 Å². The maximum absolute atomic E-state index is 13.6. The number of hydrogen-bond donors (Lipinski definition) is 1. The second-order valence-corrected chi connectivity index (χ2v) is 8.23. The first-order valence-corrected chi connectivity index (χ1v) is 9.87. The molecule has 0 spiro atoms. The molecule has 7 nitrogen and oxygen atoms in total. The smallest absolute Gasteiger partial charge is 0.326 e. The third-order valence-electron chi connectivity index (χ3n) is 6.47. The van der Waals surface area contributed by atoms with E-state index < -0.39 is 12.0 Å². The van der Waals surface area contributed by atoms with E-state index in [2.05, 4.69) is 10.1 Å². The van der Waals surface area contributed by atoms with Crippen LogP contribution in [0.5, 0.6) is 0 Å². The monoisotopic (exact) mass is 369 g/mol. The van der Waals surface area contributed by atoms with E-state index in [1.807, 2.05) is 6.07 Å². The van der Waals surface area contributed by atoms with Crippen molar-refractivity contribution in [1.82, 2.24) is 15.0 Å². The summed E-state index contributed by atoms with van der Waals surface area (Å²) in [6.45, 7) is 1.79. The fourth-order valence-corrected chi connectivity index (χ4v) is 4.98. The van der Waals surface area contributed by atoms with Crippen LogP contribution in [0.25, 0.3) is 11.1 Å². The molecule has 27 heavy (non-hydrogen) atoms. The molecular weight excluding hydrogens is 346 g/mol. The molecular formula is C20H23N3O4.